The van der Waals surface area contributed by atoms with Crippen LogP contribution < -0.4 is 5.32 Å². The molecule has 2 aromatic carbocycles. The second-order valence-corrected chi connectivity index (χ2v) is 5.56. The third-order valence-corrected chi connectivity index (χ3v) is 3.72. The van der Waals surface area contributed by atoms with Gasteiger partial charge in [0.05, 0.1) is 10.6 Å². The van der Waals surface area contributed by atoms with Gasteiger partial charge in [0.15, 0.2) is 5.69 Å². The third kappa shape index (κ3) is 4.10. The lowest BCUT2D eigenvalue weighted by atomic mass is 10.1. The summed E-state index contributed by atoms with van der Waals surface area (Å²) >= 11 is 0. The van der Waals surface area contributed by atoms with Crippen molar-refractivity contribution in [3.63, 3.8) is 0 Å². The zero-order valence-electron chi connectivity index (χ0n) is 13.6. The Bertz CT molecular complexity index is 955. The van der Waals surface area contributed by atoms with Gasteiger partial charge in [0.2, 0.25) is 0 Å². The van der Waals surface area contributed by atoms with Crippen LogP contribution in [0.25, 0.3) is 5.69 Å². The normalized spacial score (nSPS) is 10.5. The van der Waals surface area contributed by atoms with Crippen LogP contribution in [0, 0.1) is 15.9 Å². The third-order valence-electron chi connectivity index (χ3n) is 3.72. The summed E-state index contributed by atoms with van der Waals surface area (Å²) in [5.41, 5.74) is 1.40. The Morgan fingerprint density at radius 2 is 2.00 bits per heavy atom. The number of halogens is 1. The van der Waals surface area contributed by atoms with Crippen molar-refractivity contribution in [3.8, 4) is 5.69 Å². The first-order valence-corrected chi connectivity index (χ1v) is 7.86. The molecule has 3 rings (SSSR count). The summed E-state index contributed by atoms with van der Waals surface area (Å²) in [6.07, 6.45) is 2.05. The first-order valence-electron chi connectivity index (χ1n) is 7.86. The molecule has 1 heterocycles. The molecule has 0 aliphatic carbocycles. The second-order valence-electron chi connectivity index (χ2n) is 5.56. The molecule has 1 amide bonds. The number of aromatic nitrogens is 2. The quantitative estimate of drug-likeness (QED) is 0.544. The summed E-state index contributed by atoms with van der Waals surface area (Å²) in [5, 5.41) is 17.7. The van der Waals surface area contributed by atoms with Gasteiger partial charge < -0.3 is 5.32 Å². The number of carbonyl (C=O) groups excluding carboxylic acids is 1. The maximum Gasteiger partial charge on any atom is 0.271 e. The van der Waals surface area contributed by atoms with E-state index in [1.54, 1.807) is 30.5 Å². The average molecular weight is 354 g/mol. The van der Waals surface area contributed by atoms with Gasteiger partial charge in [-0.3, -0.25) is 14.9 Å². The number of rotatable bonds is 6. The fourth-order valence-corrected chi connectivity index (χ4v) is 2.44. The van der Waals surface area contributed by atoms with Crippen molar-refractivity contribution in [2.75, 3.05) is 6.54 Å². The molecular weight excluding hydrogens is 339 g/mol. The number of non-ortho nitro benzene ring substituents is 1. The van der Waals surface area contributed by atoms with Crippen molar-refractivity contribution in [1.29, 1.82) is 0 Å². The maximum absolute atomic E-state index is 13.1. The fraction of sp³-hybridized carbons (Fsp3) is 0.111. The summed E-state index contributed by atoms with van der Waals surface area (Å²) < 4.78 is 14.5. The minimum Gasteiger partial charge on any atom is -0.350 e. The average Bonchev–Trinajstić information content (AvgIpc) is 3.12. The summed E-state index contributed by atoms with van der Waals surface area (Å²) in [4.78, 5) is 22.5. The summed E-state index contributed by atoms with van der Waals surface area (Å²) in [6, 6.07) is 13.7. The van der Waals surface area contributed by atoms with Crippen molar-refractivity contribution >= 4 is 11.6 Å². The molecule has 0 spiro atoms. The second kappa shape index (κ2) is 7.56. The Labute approximate surface area is 148 Å². The molecule has 0 radical (unpaired) electrons. The molecule has 0 fully saturated rings. The van der Waals surface area contributed by atoms with E-state index in [9.17, 15) is 19.3 Å². The highest BCUT2D eigenvalue weighted by Gasteiger charge is 2.12. The molecule has 7 nitrogen and oxygen atoms in total. The Balaban J connectivity index is 1.63. The van der Waals surface area contributed by atoms with Gasteiger partial charge in [0, 0.05) is 24.9 Å². The smallest absolute Gasteiger partial charge is 0.271 e. The molecule has 8 heteroatoms. The molecule has 0 atom stereocenters. The van der Waals surface area contributed by atoms with Crippen molar-refractivity contribution < 1.29 is 14.1 Å². The molecule has 0 bridgehead atoms. The van der Waals surface area contributed by atoms with E-state index >= 15 is 0 Å². The number of hydrogen-bond acceptors (Lipinski definition) is 4. The molecule has 1 N–H and O–H groups in total. The topological polar surface area (TPSA) is 90.1 Å². The Kier molecular flexibility index (Phi) is 5.02. The molecule has 0 saturated carbocycles. The van der Waals surface area contributed by atoms with Crippen LogP contribution in [0.3, 0.4) is 0 Å². The van der Waals surface area contributed by atoms with Crippen LogP contribution in [0.4, 0.5) is 10.1 Å². The molecule has 3 aromatic rings. The van der Waals surface area contributed by atoms with Crippen LogP contribution in [0.2, 0.25) is 0 Å². The number of carbonyl (C=O) groups is 1. The summed E-state index contributed by atoms with van der Waals surface area (Å²) in [7, 11) is 0. The Morgan fingerprint density at radius 1 is 1.19 bits per heavy atom. The Morgan fingerprint density at radius 3 is 2.77 bits per heavy atom. The zero-order valence-corrected chi connectivity index (χ0v) is 13.6. The number of hydrogen-bond donors (Lipinski definition) is 1. The number of nitro benzene ring substituents is 1. The van der Waals surface area contributed by atoms with Crippen molar-refractivity contribution in [1.82, 2.24) is 15.1 Å². The van der Waals surface area contributed by atoms with Crippen LogP contribution >= 0.6 is 0 Å². The first kappa shape index (κ1) is 17.3. The van der Waals surface area contributed by atoms with Crippen LogP contribution in [0.5, 0.6) is 0 Å². The minimum absolute atomic E-state index is 0.0564. The van der Waals surface area contributed by atoms with E-state index in [1.165, 1.54) is 35.0 Å². The van der Waals surface area contributed by atoms with E-state index in [2.05, 4.69) is 10.4 Å². The van der Waals surface area contributed by atoms with Crippen LogP contribution in [0.15, 0.2) is 60.8 Å². The van der Waals surface area contributed by atoms with Crippen molar-refractivity contribution in [3.05, 3.63) is 88.0 Å². The van der Waals surface area contributed by atoms with Crippen LogP contribution in [0.1, 0.15) is 16.1 Å². The number of nitrogens with one attached hydrogen (secondary N) is 1. The van der Waals surface area contributed by atoms with Gasteiger partial charge in [0.25, 0.3) is 11.6 Å². The molecule has 1 aromatic heterocycles. The van der Waals surface area contributed by atoms with Crippen LogP contribution in [-0.4, -0.2) is 27.2 Å². The predicted octanol–water partition coefficient (Wildman–Crippen LogP) is 2.89. The molecule has 26 heavy (non-hydrogen) atoms. The van der Waals surface area contributed by atoms with Gasteiger partial charge in [-0.2, -0.15) is 5.10 Å². The molecule has 0 unspecified atom stereocenters. The standard InChI is InChI=1S/C18H15FN4O3/c19-14-4-1-3-13(11-14)7-9-20-18(24)17-8-10-22(21-17)15-5-2-6-16(12-15)23(25)26/h1-6,8,10-12H,7,9H2,(H,20,24). The Hall–Kier alpha value is -3.55. The lowest BCUT2D eigenvalue weighted by Gasteiger charge is -2.04. The highest BCUT2D eigenvalue weighted by molar-refractivity contribution is 5.92. The van der Waals surface area contributed by atoms with E-state index in [0.29, 0.717) is 18.7 Å². The van der Waals surface area contributed by atoms with E-state index in [-0.39, 0.29) is 23.1 Å². The van der Waals surface area contributed by atoms with Gasteiger partial charge in [-0.05, 0) is 36.2 Å². The van der Waals surface area contributed by atoms with Crippen LogP contribution in [-0.2, 0) is 6.42 Å². The molecule has 0 aliphatic heterocycles. The fourth-order valence-electron chi connectivity index (χ4n) is 2.44. The lowest BCUT2D eigenvalue weighted by molar-refractivity contribution is -0.384. The number of nitro groups is 1. The van der Waals surface area contributed by atoms with Gasteiger partial charge in [-0.1, -0.05) is 18.2 Å². The number of nitrogens with zero attached hydrogens (tertiary/aromatic N) is 3. The molecule has 0 saturated heterocycles. The van der Waals surface area contributed by atoms with Crippen molar-refractivity contribution in [2.24, 2.45) is 0 Å². The number of benzene rings is 2. The van der Waals surface area contributed by atoms with E-state index in [0.717, 1.165) is 5.56 Å². The van der Waals surface area contributed by atoms with E-state index in [1.807, 2.05) is 0 Å². The highest BCUT2D eigenvalue weighted by atomic mass is 19.1. The highest BCUT2D eigenvalue weighted by Crippen LogP contribution is 2.16. The maximum atomic E-state index is 13.1. The largest absolute Gasteiger partial charge is 0.350 e. The van der Waals surface area contributed by atoms with E-state index < -0.39 is 4.92 Å². The summed E-state index contributed by atoms with van der Waals surface area (Å²) in [6.45, 7) is 0.339. The predicted molar refractivity (Wildman–Crippen MR) is 92.7 cm³/mol. The zero-order chi connectivity index (χ0) is 18.5. The van der Waals surface area contributed by atoms with E-state index in [4.69, 9.17) is 0 Å². The molecule has 0 aliphatic rings. The molecular formula is C18H15FN4O3. The minimum atomic E-state index is -0.493. The van der Waals surface area contributed by atoms with Gasteiger partial charge in [-0.15, -0.1) is 0 Å². The van der Waals surface area contributed by atoms with Gasteiger partial charge in [-0.25, -0.2) is 9.07 Å². The lowest BCUT2D eigenvalue weighted by Crippen LogP contribution is -2.26. The molecule has 132 valence electrons. The first-order chi connectivity index (χ1) is 12.5. The van der Waals surface area contributed by atoms with Gasteiger partial charge >= 0.3 is 0 Å². The van der Waals surface area contributed by atoms with Gasteiger partial charge in [0.1, 0.15) is 5.82 Å². The monoisotopic (exact) mass is 354 g/mol. The number of amides is 1. The summed E-state index contributed by atoms with van der Waals surface area (Å²) in [5.74, 6) is -0.685. The van der Waals surface area contributed by atoms with Crippen molar-refractivity contribution in [2.45, 2.75) is 6.42 Å². The SMILES string of the molecule is O=C(NCCc1cccc(F)c1)c1ccn(-c2cccc([N+](=O)[O-])c2)n1.